The van der Waals surface area contributed by atoms with Crippen molar-refractivity contribution in [1.29, 1.82) is 0 Å². The molecule has 25 heavy (non-hydrogen) atoms. The van der Waals surface area contributed by atoms with Gasteiger partial charge in [0.2, 0.25) is 5.91 Å². The van der Waals surface area contributed by atoms with E-state index in [0.29, 0.717) is 18.5 Å². The Kier molecular flexibility index (Phi) is 4.41. The molecule has 0 atom stereocenters. The van der Waals surface area contributed by atoms with Gasteiger partial charge in [-0.2, -0.15) is 0 Å². The Bertz CT molecular complexity index is 750. The first-order valence-electron chi connectivity index (χ1n) is 7.72. The second kappa shape index (κ2) is 6.38. The van der Waals surface area contributed by atoms with Crippen LogP contribution < -0.4 is 10.1 Å². The number of benzene rings is 2. The number of halogens is 4. The number of hydrogen-bond donors (Lipinski definition) is 1. The molecular formula is C18H15F4NO2. The van der Waals surface area contributed by atoms with Gasteiger partial charge >= 0.3 is 6.36 Å². The van der Waals surface area contributed by atoms with Gasteiger partial charge in [0.1, 0.15) is 11.6 Å². The van der Waals surface area contributed by atoms with Crippen molar-refractivity contribution in [3.63, 3.8) is 0 Å². The largest absolute Gasteiger partial charge is 0.573 e. The average molecular weight is 353 g/mol. The third kappa shape index (κ3) is 3.75. The summed E-state index contributed by atoms with van der Waals surface area (Å²) in [4.78, 5) is 12.7. The summed E-state index contributed by atoms with van der Waals surface area (Å²) in [6, 6.07) is 10.8. The van der Waals surface area contributed by atoms with Crippen LogP contribution in [0.25, 0.3) is 0 Å². The monoisotopic (exact) mass is 353 g/mol. The van der Waals surface area contributed by atoms with E-state index in [1.807, 2.05) is 0 Å². The Hall–Kier alpha value is -2.57. The van der Waals surface area contributed by atoms with Gasteiger partial charge in [-0.05, 0) is 54.8 Å². The molecule has 0 radical (unpaired) electrons. The molecule has 0 aromatic heterocycles. The van der Waals surface area contributed by atoms with E-state index in [9.17, 15) is 22.4 Å². The molecule has 2 aromatic rings. The summed E-state index contributed by atoms with van der Waals surface area (Å²) in [5.74, 6) is -0.990. The molecule has 3 rings (SSSR count). The number of alkyl halides is 3. The smallest absolute Gasteiger partial charge is 0.406 e. The van der Waals surface area contributed by atoms with E-state index in [1.54, 1.807) is 12.1 Å². The van der Waals surface area contributed by atoms with E-state index in [1.165, 1.54) is 24.3 Å². The zero-order chi connectivity index (χ0) is 18.1. The second-order valence-electron chi connectivity index (χ2n) is 5.97. The fraction of sp³-hybridized carbons (Fsp3) is 0.278. The minimum atomic E-state index is -4.76. The van der Waals surface area contributed by atoms with Crippen LogP contribution in [0.3, 0.4) is 0 Å². The van der Waals surface area contributed by atoms with Crippen LogP contribution in [-0.2, 0) is 10.2 Å². The normalized spacial score (nSPS) is 16.0. The first-order chi connectivity index (χ1) is 11.8. The van der Waals surface area contributed by atoms with Crippen molar-refractivity contribution < 1.29 is 27.1 Å². The van der Waals surface area contributed by atoms with Crippen molar-refractivity contribution in [3.8, 4) is 5.75 Å². The Morgan fingerprint density at radius 1 is 1.00 bits per heavy atom. The van der Waals surface area contributed by atoms with Gasteiger partial charge in [0.15, 0.2) is 0 Å². The lowest BCUT2D eigenvalue weighted by Crippen LogP contribution is -2.46. The number of amides is 1. The molecule has 0 heterocycles. The molecule has 1 aliphatic rings. The fourth-order valence-electron chi connectivity index (χ4n) is 2.94. The molecule has 0 saturated heterocycles. The second-order valence-corrected chi connectivity index (χ2v) is 5.97. The first-order valence-corrected chi connectivity index (χ1v) is 7.72. The highest BCUT2D eigenvalue weighted by molar-refractivity contribution is 5.99. The fourth-order valence-corrected chi connectivity index (χ4v) is 2.94. The zero-order valence-corrected chi connectivity index (χ0v) is 13.1. The molecule has 7 heteroatoms. The zero-order valence-electron chi connectivity index (χ0n) is 13.1. The van der Waals surface area contributed by atoms with Crippen LogP contribution >= 0.6 is 0 Å². The molecule has 0 aliphatic heterocycles. The number of anilines is 1. The molecule has 132 valence electrons. The summed E-state index contributed by atoms with van der Waals surface area (Å²) in [5, 5.41) is 2.72. The van der Waals surface area contributed by atoms with E-state index in [0.717, 1.165) is 24.1 Å². The van der Waals surface area contributed by atoms with E-state index < -0.39 is 11.8 Å². The minimum Gasteiger partial charge on any atom is -0.406 e. The predicted octanol–water partition coefficient (Wildman–Crippen LogP) is 4.78. The highest BCUT2D eigenvalue weighted by Crippen LogP contribution is 2.44. The summed E-state index contributed by atoms with van der Waals surface area (Å²) >= 11 is 0. The average Bonchev–Trinajstić information content (AvgIpc) is 2.48. The number of hydrogen-bond acceptors (Lipinski definition) is 2. The van der Waals surface area contributed by atoms with E-state index >= 15 is 0 Å². The van der Waals surface area contributed by atoms with Crippen molar-refractivity contribution in [2.75, 3.05) is 5.32 Å². The highest BCUT2D eigenvalue weighted by atomic mass is 19.4. The van der Waals surface area contributed by atoms with Crippen LogP contribution in [-0.4, -0.2) is 12.3 Å². The van der Waals surface area contributed by atoms with Gasteiger partial charge < -0.3 is 10.1 Å². The maximum absolute atomic E-state index is 13.1. The molecule has 1 saturated carbocycles. The maximum Gasteiger partial charge on any atom is 0.573 e. The van der Waals surface area contributed by atoms with E-state index in [-0.39, 0.29) is 17.5 Å². The number of ether oxygens (including phenoxy) is 1. The molecule has 1 aliphatic carbocycles. The summed E-state index contributed by atoms with van der Waals surface area (Å²) in [5.41, 5.74) is 0.372. The van der Waals surface area contributed by atoms with Gasteiger partial charge in [0.05, 0.1) is 5.41 Å². The molecule has 1 amide bonds. The lowest BCUT2D eigenvalue weighted by molar-refractivity contribution is -0.274. The molecule has 0 unspecified atom stereocenters. The summed E-state index contributed by atoms with van der Waals surface area (Å²) < 4.78 is 53.4. The molecule has 0 bridgehead atoms. The maximum atomic E-state index is 13.1. The lowest BCUT2D eigenvalue weighted by atomic mass is 9.64. The number of carbonyl (C=O) groups is 1. The molecular weight excluding hydrogens is 338 g/mol. The first kappa shape index (κ1) is 17.3. The third-order valence-corrected chi connectivity index (χ3v) is 4.38. The Morgan fingerprint density at radius 2 is 1.60 bits per heavy atom. The van der Waals surface area contributed by atoms with Crippen LogP contribution in [0.1, 0.15) is 24.8 Å². The summed E-state index contributed by atoms with van der Waals surface area (Å²) in [6.07, 6.45) is -2.61. The van der Waals surface area contributed by atoms with E-state index in [2.05, 4.69) is 10.1 Å². The topological polar surface area (TPSA) is 38.3 Å². The van der Waals surface area contributed by atoms with Crippen molar-refractivity contribution >= 4 is 11.6 Å². The van der Waals surface area contributed by atoms with Gasteiger partial charge in [-0.3, -0.25) is 4.79 Å². The van der Waals surface area contributed by atoms with Crippen molar-refractivity contribution in [2.24, 2.45) is 0 Å². The Balaban J connectivity index is 1.73. The van der Waals surface area contributed by atoms with Crippen molar-refractivity contribution in [1.82, 2.24) is 0 Å². The van der Waals surface area contributed by atoms with Crippen LogP contribution in [0.2, 0.25) is 0 Å². The molecule has 2 aromatic carbocycles. The third-order valence-electron chi connectivity index (χ3n) is 4.38. The van der Waals surface area contributed by atoms with E-state index in [4.69, 9.17) is 0 Å². The van der Waals surface area contributed by atoms with Gasteiger partial charge in [-0.25, -0.2) is 4.39 Å². The number of nitrogens with one attached hydrogen (secondary N) is 1. The quantitative estimate of drug-likeness (QED) is 0.803. The van der Waals surface area contributed by atoms with Crippen molar-refractivity contribution in [3.05, 3.63) is 59.9 Å². The molecule has 3 nitrogen and oxygen atoms in total. The summed E-state index contributed by atoms with van der Waals surface area (Å²) in [6.45, 7) is 0. The molecule has 1 N–H and O–H groups in total. The molecule has 0 spiro atoms. The van der Waals surface area contributed by atoms with Crippen LogP contribution in [0, 0.1) is 5.82 Å². The minimum absolute atomic E-state index is 0.255. The predicted molar refractivity (Wildman–Crippen MR) is 83.7 cm³/mol. The van der Waals surface area contributed by atoms with Gasteiger partial charge in [-0.15, -0.1) is 13.2 Å². The summed E-state index contributed by atoms with van der Waals surface area (Å²) in [7, 11) is 0. The number of carbonyl (C=O) groups excluding carboxylic acids is 1. The van der Waals surface area contributed by atoms with Crippen LogP contribution in [0.15, 0.2) is 48.5 Å². The van der Waals surface area contributed by atoms with Gasteiger partial charge in [-0.1, -0.05) is 18.6 Å². The van der Waals surface area contributed by atoms with Crippen LogP contribution in [0.4, 0.5) is 23.2 Å². The highest BCUT2D eigenvalue weighted by Gasteiger charge is 2.45. The SMILES string of the molecule is O=C(Nc1ccc(OC(F)(F)F)cc1)C1(c2ccc(F)cc2)CCC1. The van der Waals surface area contributed by atoms with Gasteiger partial charge in [0, 0.05) is 5.69 Å². The van der Waals surface area contributed by atoms with Gasteiger partial charge in [0.25, 0.3) is 0 Å². The lowest BCUT2D eigenvalue weighted by Gasteiger charge is -2.40. The van der Waals surface area contributed by atoms with Crippen molar-refractivity contribution in [2.45, 2.75) is 31.0 Å². The Morgan fingerprint density at radius 3 is 2.08 bits per heavy atom. The Labute approximate surface area is 141 Å². The van der Waals surface area contributed by atoms with Crippen LogP contribution in [0.5, 0.6) is 5.75 Å². The molecule has 1 fully saturated rings. The standard InChI is InChI=1S/C18H15F4NO2/c19-13-4-2-12(3-5-13)17(10-1-11-17)16(24)23-14-6-8-15(9-7-14)25-18(20,21)22/h2-9H,1,10-11H2,(H,23,24). The number of rotatable bonds is 4.